The van der Waals surface area contributed by atoms with Gasteiger partial charge < -0.3 is 10.2 Å². The van der Waals surface area contributed by atoms with E-state index < -0.39 is 5.60 Å². The summed E-state index contributed by atoms with van der Waals surface area (Å²) in [7, 11) is 0. The Morgan fingerprint density at radius 2 is 1.73 bits per heavy atom. The highest BCUT2D eigenvalue weighted by Gasteiger charge is 2.42. The molecular formula is C13H18O2. The van der Waals surface area contributed by atoms with Crippen molar-refractivity contribution in [2.45, 2.75) is 37.7 Å². The predicted octanol–water partition coefficient (Wildman–Crippen LogP) is 1.94. The van der Waals surface area contributed by atoms with Gasteiger partial charge >= 0.3 is 0 Å². The van der Waals surface area contributed by atoms with Gasteiger partial charge in [0.1, 0.15) is 0 Å². The summed E-state index contributed by atoms with van der Waals surface area (Å²) in [5.74, 6) is 0. The van der Waals surface area contributed by atoms with Gasteiger partial charge in [-0.2, -0.15) is 0 Å². The van der Waals surface area contributed by atoms with Crippen LogP contribution in [0.3, 0.4) is 0 Å². The van der Waals surface area contributed by atoms with Gasteiger partial charge in [0.25, 0.3) is 0 Å². The van der Waals surface area contributed by atoms with E-state index in [2.05, 4.69) is 0 Å². The third kappa shape index (κ3) is 1.92. The number of aliphatic hydroxyl groups is 2. The van der Waals surface area contributed by atoms with Gasteiger partial charge in [-0.05, 0) is 24.0 Å². The van der Waals surface area contributed by atoms with Crippen LogP contribution in [0.4, 0.5) is 0 Å². The van der Waals surface area contributed by atoms with E-state index >= 15 is 0 Å². The van der Waals surface area contributed by atoms with Crippen LogP contribution in [-0.4, -0.2) is 16.8 Å². The lowest BCUT2D eigenvalue weighted by atomic mass is 9.85. The van der Waals surface area contributed by atoms with Gasteiger partial charge in [0.05, 0.1) is 12.2 Å². The average Bonchev–Trinajstić information content (AvgIpc) is 2.98. The maximum absolute atomic E-state index is 9.90. The summed E-state index contributed by atoms with van der Waals surface area (Å²) >= 11 is 0. The van der Waals surface area contributed by atoms with Crippen LogP contribution < -0.4 is 0 Å². The van der Waals surface area contributed by atoms with Crippen LogP contribution in [-0.2, 0) is 11.0 Å². The summed E-state index contributed by atoms with van der Waals surface area (Å²) in [4.78, 5) is 0. The van der Waals surface area contributed by atoms with E-state index in [0.29, 0.717) is 0 Å². The molecule has 0 atom stereocenters. The summed E-state index contributed by atoms with van der Waals surface area (Å²) < 4.78 is 0. The molecule has 0 spiro atoms. The maximum Gasteiger partial charge on any atom is 0.0899 e. The first-order valence-electron chi connectivity index (χ1n) is 5.42. The highest BCUT2D eigenvalue weighted by Crippen LogP contribution is 2.45. The summed E-state index contributed by atoms with van der Waals surface area (Å²) in [6.07, 6.45) is 1.74. The highest BCUT2D eigenvalue weighted by molar-refractivity contribution is 5.33. The van der Waals surface area contributed by atoms with Crippen LogP contribution in [0.1, 0.15) is 37.8 Å². The minimum Gasteiger partial charge on any atom is -0.395 e. The second-order valence-corrected chi connectivity index (χ2v) is 5.15. The summed E-state index contributed by atoms with van der Waals surface area (Å²) in [5, 5.41) is 19.1. The monoisotopic (exact) mass is 206 g/mol. The Bertz CT molecular complexity index is 347. The van der Waals surface area contributed by atoms with E-state index in [1.54, 1.807) is 0 Å². The summed E-state index contributed by atoms with van der Waals surface area (Å²) in [6, 6.07) is 7.95. The molecule has 0 amide bonds. The zero-order valence-corrected chi connectivity index (χ0v) is 9.33. The van der Waals surface area contributed by atoms with Crippen LogP contribution in [0.2, 0.25) is 0 Å². The number of hydrogen-bond acceptors (Lipinski definition) is 2. The van der Waals surface area contributed by atoms with Crippen LogP contribution >= 0.6 is 0 Å². The molecule has 2 heteroatoms. The Balaban J connectivity index is 2.24. The third-order valence-corrected chi connectivity index (χ3v) is 3.32. The fourth-order valence-electron chi connectivity index (χ4n) is 1.73. The molecule has 0 radical (unpaired) electrons. The molecule has 1 saturated carbocycles. The molecular weight excluding hydrogens is 188 g/mol. The van der Waals surface area contributed by atoms with E-state index in [-0.39, 0.29) is 12.0 Å². The fraction of sp³-hybridized carbons (Fsp3) is 0.538. The number of rotatable bonds is 3. The van der Waals surface area contributed by atoms with Crippen molar-refractivity contribution >= 4 is 0 Å². The lowest BCUT2D eigenvalue weighted by molar-refractivity contribution is 0.151. The normalized spacial score (nSPS) is 18.9. The molecule has 0 bridgehead atoms. The van der Waals surface area contributed by atoms with Crippen molar-refractivity contribution in [3.8, 4) is 0 Å². The van der Waals surface area contributed by atoms with E-state index in [9.17, 15) is 10.2 Å². The second-order valence-electron chi connectivity index (χ2n) is 5.15. The zero-order chi connectivity index (χ0) is 11.1. The lowest BCUT2D eigenvalue weighted by Gasteiger charge is -2.22. The quantitative estimate of drug-likeness (QED) is 0.793. The van der Waals surface area contributed by atoms with Crippen LogP contribution in [0.5, 0.6) is 0 Å². The molecule has 0 unspecified atom stereocenters. The average molecular weight is 206 g/mol. The lowest BCUT2D eigenvalue weighted by Crippen LogP contribution is -2.22. The Morgan fingerprint density at radius 1 is 1.20 bits per heavy atom. The molecule has 2 rings (SSSR count). The number of hydrogen-bond donors (Lipinski definition) is 2. The summed E-state index contributed by atoms with van der Waals surface area (Å²) in [5.41, 5.74) is 1.35. The number of benzene rings is 1. The molecule has 0 saturated heterocycles. The van der Waals surface area contributed by atoms with E-state index in [0.717, 1.165) is 24.0 Å². The van der Waals surface area contributed by atoms with Crippen molar-refractivity contribution < 1.29 is 10.2 Å². The minimum absolute atomic E-state index is 0.136. The Labute approximate surface area is 90.6 Å². The van der Waals surface area contributed by atoms with Gasteiger partial charge in [0.2, 0.25) is 0 Å². The summed E-state index contributed by atoms with van der Waals surface area (Å²) in [6.45, 7) is 4.15. The molecule has 1 aliphatic carbocycles. The first-order valence-corrected chi connectivity index (χ1v) is 5.42. The zero-order valence-electron chi connectivity index (χ0n) is 9.33. The minimum atomic E-state index is -0.554. The number of aliphatic hydroxyl groups excluding tert-OH is 1. The highest BCUT2D eigenvalue weighted by atomic mass is 16.3. The molecule has 2 nitrogen and oxygen atoms in total. The van der Waals surface area contributed by atoms with Crippen molar-refractivity contribution in [3.05, 3.63) is 35.4 Å². The standard InChI is InChI=1S/C13H18O2/c1-12(2,9-14)10-3-5-11(6-4-10)13(15)7-8-13/h3-6,14-15H,7-9H2,1-2H3. The molecule has 15 heavy (non-hydrogen) atoms. The molecule has 0 aromatic heterocycles. The molecule has 1 aromatic carbocycles. The molecule has 2 N–H and O–H groups in total. The van der Waals surface area contributed by atoms with Crippen LogP contribution in [0.15, 0.2) is 24.3 Å². The topological polar surface area (TPSA) is 40.5 Å². The van der Waals surface area contributed by atoms with Crippen LogP contribution in [0, 0.1) is 0 Å². The Hall–Kier alpha value is -0.860. The van der Waals surface area contributed by atoms with Gasteiger partial charge in [-0.1, -0.05) is 38.1 Å². The van der Waals surface area contributed by atoms with Gasteiger partial charge in [0.15, 0.2) is 0 Å². The van der Waals surface area contributed by atoms with Crippen molar-refractivity contribution in [1.82, 2.24) is 0 Å². The third-order valence-electron chi connectivity index (χ3n) is 3.32. The second kappa shape index (κ2) is 3.32. The van der Waals surface area contributed by atoms with Crippen molar-refractivity contribution in [2.75, 3.05) is 6.61 Å². The predicted molar refractivity (Wildman–Crippen MR) is 59.7 cm³/mol. The smallest absolute Gasteiger partial charge is 0.0899 e. The molecule has 1 fully saturated rings. The van der Waals surface area contributed by atoms with Crippen molar-refractivity contribution in [1.29, 1.82) is 0 Å². The SMILES string of the molecule is CC(C)(CO)c1ccc(C2(O)CC2)cc1. The van der Waals surface area contributed by atoms with E-state index in [4.69, 9.17) is 0 Å². The Kier molecular flexibility index (Phi) is 2.36. The largest absolute Gasteiger partial charge is 0.395 e. The molecule has 0 aliphatic heterocycles. The fourth-order valence-corrected chi connectivity index (χ4v) is 1.73. The van der Waals surface area contributed by atoms with Gasteiger partial charge in [-0.3, -0.25) is 0 Å². The maximum atomic E-state index is 9.90. The van der Waals surface area contributed by atoms with Gasteiger partial charge in [0, 0.05) is 5.41 Å². The van der Waals surface area contributed by atoms with Gasteiger partial charge in [-0.15, -0.1) is 0 Å². The van der Waals surface area contributed by atoms with Gasteiger partial charge in [-0.25, -0.2) is 0 Å². The van der Waals surface area contributed by atoms with E-state index in [1.165, 1.54) is 0 Å². The first kappa shape index (κ1) is 10.7. The molecule has 82 valence electrons. The van der Waals surface area contributed by atoms with Crippen molar-refractivity contribution in [2.24, 2.45) is 0 Å². The van der Waals surface area contributed by atoms with Crippen molar-refractivity contribution in [3.63, 3.8) is 0 Å². The first-order chi connectivity index (χ1) is 6.98. The molecule has 1 aromatic rings. The molecule has 1 aliphatic rings. The Morgan fingerprint density at radius 3 is 2.13 bits per heavy atom. The van der Waals surface area contributed by atoms with Crippen LogP contribution in [0.25, 0.3) is 0 Å². The molecule has 0 heterocycles. The van der Waals surface area contributed by atoms with E-state index in [1.807, 2.05) is 38.1 Å².